The third kappa shape index (κ3) is 6.57. The Morgan fingerprint density at radius 1 is 1.33 bits per heavy atom. The molecule has 0 spiro atoms. The van der Waals surface area contributed by atoms with Gasteiger partial charge >= 0.3 is 12.0 Å². The Hall–Kier alpha value is -1.63. The molecule has 120 valence electrons. The van der Waals surface area contributed by atoms with Crippen molar-refractivity contribution in [3.8, 4) is 0 Å². The van der Waals surface area contributed by atoms with Gasteiger partial charge in [-0.3, -0.25) is 14.9 Å². The minimum atomic E-state index is -0.946. The Bertz CT molecular complexity index is 382. The number of ether oxygens (including phenoxy) is 1. The van der Waals surface area contributed by atoms with Crippen molar-refractivity contribution < 1.29 is 24.2 Å². The summed E-state index contributed by atoms with van der Waals surface area (Å²) in [5.41, 5.74) is 0. The van der Waals surface area contributed by atoms with Gasteiger partial charge < -0.3 is 14.7 Å². The summed E-state index contributed by atoms with van der Waals surface area (Å²) in [6.45, 7) is 2.82. The van der Waals surface area contributed by atoms with Crippen LogP contribution in [0.4, 0.5) is 4.79 Å². The van der Waals surface area contributed by atoms with E-state index in [0.717, 1.165) is 12.8 Å². The molecule has 1 aliphatic carbocycles. The highest BCUT2D eigenvalue weighted by Crippen LogP contribution is 2.35. The number of nitrogens with zero attached hydrogens (tertiary/aromatic N) is 1. The maximum atomic E-state index is 12.2. The predicted octanol–water partition coefficient (Wildman–Crippen LogP) is 1.22. The van der Waals surface area contributed by atoms with E-state index in [1.807, 2.05) is 6.92 Å². The second-order valence-electron chi connectivity index (χ2n) is 5.36. The highest BCUT2D eigenvalue weighted by atomic mass is 16.5. The Morgan fingerprint density at radius 2 is 2.00 bits per heavy atom. The van der Waals surface area contributed by atoms with Gasteiger partial charge in [0.1, 0.15) is 0 Å². The standard InChI is InChI=1S/C14H24N2O5/c1-10(11-6-7-11)16(8-9-21-2)14(20)15-12(17)4-3-5-13(18)19/h10-11H,3-9H2,1-2H3,(H,18,19)(H,15,17,20). The quantitative estimate of drug-likeness (QED) is 0.667. The first kappa shape index (κ1) is 17.4. The molecule has 1 saturated carbocycles. The molecule has 1 unspecified atom stereocenters. The van der Waals surface area contributed by atoms with Gasteiger partial charge in [-0.05, 0) is 32.1 Å². The number of methoxy groups -OCH3 is 1. The molecule has 2 N–H and O–H groups in total. The van der Waals surface area contributed by atoms with E-state index >= 15 is 0 Å². The van der Waals surface area contributed by atoms with Crippen LogP contribution in [0.5, 0.6) is 0 Å². The summed E-state index contributed by atoms with van der Waals surface area (Å²) < 4.78 is 5.00. The fourth-order valence-electron chi connectivity index (χ4n) is 2.17. The summed E-state index contributed by atoms with van der Waals surface area (Å²) in [5.74, 6) is -0.889. The largest absolute Gasteiger partial charge is 0.481 e. The van der Waals surface area contributed by atoms with E-state index in [1.54, 1.807) is 12.0 Å². The summed E-state index contributed by atoms with van der Waals surface area (Å²) >= 11 is 0. The number of hydrogen-bond donors (Lipinski definition) is 2. The number of carboxylic acids is 1. The van der Waals surface area contributed by atoms with Crippen LogP contribution in [0.2, 0.25) is 0 Å². The maximum Gasteiger partial charge on any atom is 0.324 e. The zero-order valence-corrected chi connectivity index (χ0v) is 12.6. The number of amides is 3. The summed E-state index contributed by atoms with van der Waals surface area (Å²) in [7, 11) is 1.56. The Kier molecular flexibility index (Phi) is 7.14. The lowest BCUT2D eigenvalue weighted by Crippen LogP contribution is -2.49. The fraction of sp³-hybridized carbons (Fsp3) is 0.786. The molecule has 1 atom stereocenters. The van der Waals surface area contributed by atoms with Crippen LogP contribution in [-0.2, 0) is 14.3 Å². The first-order chi connectivity index (χ1) is 9.95. The van der Waals surface area contributed by atoms with Gasteiger partial charge in [-0.2, -0.15) is 0 Å². The molecule has 7 nitrogen and oxygen atoms in total. The normalized spacial score (nSPS) is 15.3. The van der Waals surface area contributed by atoms with E-state index in [1.165, 1.54) is 0 Å². The number of hydrogen-bond acceptors (Lipinski definition) is 4. The van der Waals surface area contributed by atoms with E-state index in [9.17, 15) is 14.4 Å². The maximum absolute atomic E-state index is 12.2. The van der Waals surface area contributed by atoms with Crippen molar-refractivity contribution in [1.82, 2.24) is 10.2 Å². The molecule has 0 aliphatic heterocycles. The van der Waals surface area contributed by atoms with E-state index in [4.69, 9.17) is 9.84 Å². The van der Waals surface area contributed by atoms with Crippen molar-refractivity contribution in [2.45, 2.75) is 45.1 Å². The van der Waals surface area contributed by atoms with Crippen molar-refractivity contribution >= 4 is 17.9 Å². The number of rotatable bonds is 9. The van der Waals surface area contributed by atoms with Crippen molar-refractivity contribution in [2.75, 3.05) is 20.3 Å². The second-order valence-corrected chi connectivity index (χ2v) is 5.36. The molecule has 0 bridgehead atoms. The van der Waals surface area contributed by atoms with Crippen LogP contribution >= 0.6 is 0 Å². The van der Waals surface area contributed by atoms with Crippen molar-refractivity contribution in [1.29, 1.82) is 0 Å². The molecule has 0 aromatic heterocycles. The van der Waals surface area contributed by atoms with E-state index in [0.29, 0.717) is 19.1 Å². The zero-order chi connectivity index (χ0) is 15.8. The minimum Gasteiger partial charge on any atom is -0.481 e. The molecule has 1 rings (SSSR count). The second kappa shape index (κ2) is 8.61. The molecule has 0 radical (unpaired) electrons. The van der Waals surface area contributed by atoms with Crippen LogP contribution < -0.4 is 5.32 Å². The van der Waals surface area contributed by atoms with E-state index < -0.39 is 17.9 Å². The topological polar surface area (TPSA) is 95.9 Å². The molecule has 0 aromatic rings. The Morgan fingerprint density at radius 3 is 2.52 bits per heavy atom. The molecular weight excluding hydrogens is 276 g/mol. The van der Waals surface area contributed by atoms with Crippen molar-refractivity contribution in [2.24, 2.45) is 5.92 Å². The lowest BCUT2D eigenvalue weighted by atomic mass is 10.2. The lowest BCUT2D eigenvalue weighted by molar-refractivity contribution is -0.137. The summed E-state index contributed by atoms with van der Waals surface area (Å²) in [6.07, 6.45) is 2.39. The molecular formula is C14H24N2O5. The molecule has 7 heteroatoms. The van der Waals surface area contributed by atoms with E-state index in [2.05, 4.69) is 5.32 Å². The number of carboxylic acid groups (broad SMARTS) is 1. The van der Waals surface area contributed by atoms with E-state index in [-0.39, 0.29) is 25.3 Å². The fourth-order valence-corrected chi connectivity index (χ4v) is 2.17. The number of nitrogens with one attached hydrogen (secondary N) is 1. The lowest BCUT2D eigenvalue weighted by Gasteiger charge is -2.29. The van der Waals surface area contributed by atoms with Gasteiger partial charge in [-0.25, -0.2) is 4.79 Å². The van der Waals surface area contributed by atoms with Gasteiger partial charge in [0, 0.05) is 32.5 Å². The molecule has 3 amide bonds. The molecule has 1 aliphatic rings. The Labute approximate surface area is 124 Å². The first-order valence-corrected chi connectivity index (χ1v) is 7.27. The van der Waals surface area contributed by atoms with Gasteiger partial charge in [-0.15, -0.1) is 0 Å². The van der Waals surface area contributed by atoms with Crippen LogP contribution in [0, 0.1) is 5.92 Å². The summed E-state index contributed by atoms with van der Waals surface area (Å²) in [5, 5.41) is 10.8. The highest BCUT2D eigenvalue weighted by Gasteiger charge is 2.34. The third-order valence-electron chi connectivity index (χ3n) is 3.63. The van der Waals surface area contributed by atoms with Crippen LogP contribution in [0.25, 0.3) is 0 Å². The third-order valence-corrected chi connectivity index (χ3v) is 3.63. The molecule has 0 saturated heterocycles. The van der Waals surface area contributed by atoms with Crippen LogP contribution in [0.1, 0.15) is 39.0 Å². The molecule has 1 fully saturated rings. The number of urea groups is 1. The van der Waals surface area contributed by atoms with Crippen LogP contribution in [0.3, 0.4) is 0 Å². The molecule has 0 heterocycles. The minimum absolute atomic E-state index is 0.0357. The van der Waals surface area contributed by atoms with Crippen molar-refractivity contribution in [3.05, 3.63) is 0 Å². The first-order valence-electron chi connectivity index (χ1n) is 7.27. The van der Waals surface area contributed by atoms with Gasteiger partial charge in [0.15, 0.2) is 0 Å². The smallest absolute Gasteiger partial charge is 0.324 e. The zero-order valence-electron chi connectivity index (χ0n) is 12.6. The number of imide groups is 1. The summed E-state index contributed by atoms with van der Waals surface area (Å²) in [6, 6.07) is -0.348. The van der Waals surface area contributed by atoms with Gasteiger partial charge in [-0.1, -0.05) is 0 Å². The van der Waals surface area contributed by atoms with Crippen LogP contribution in [0.15, 0.2) is 0 Å². The van der Waals surface area contributed by atoms with Gasteiger partial charge in [0.2, 0.25) is 5.91 Å². The van der Waals surface area contributed by atoms with Crippen molar-refractivity contribution in [3.63, 3.8) is 0 Å². The number of aliphatic carboxylic acids is 1. The van der Waals surface area contributed by atoms with Crippen LogP contribution in [-0.4, -0.2) is 54.2 Å². The molecule has 0 aromatic carbocycles. The summed E-state index contributed by atoms with van der Waals surface area (Å²) in [4.78, 5) is 35.8. The average molecular weight is 300 g/mol. The number of carbonyl (C=O) groups is 3. The highest BCUT2D eigenvalue weighted by molar-refractivity contribution is 5.94. The van der Waals surface area contributed by atoms with Gasteiger partial charge in [0.25, 0.3) is 0 Å². The Balaban J connectivity index is 2.43. The van der Waals surface area contributed by atoms with Gasteiger partial charge in [0.05, 0.1) is 6.61 Å². The number of carbonyl (C=O) groups excluding carboxylic acids is 2. The molecule has 21 heavy (non-hydrogen) atoms. The SMILES string of the molecule is COCCN(C(=O)NC(=O)CCCC(=O)O)C(C)C1CC1. The monoisotopic (exact) mass is 300 g/mol. The average Bonchev–Trinajstić information content (AvgIpc) is 3.22. The predicted molar refractivity (Wildman–Crippen MR) is 75.8 cm³/mol.